The number of aryl methyl sites for hydroxylation is 2. The molecule has 0 fully saturated rings. The topological polar surface area (TPSA) is 26.3 Å². The minimum atomic E-state index is -0.354. The van der Waals surface area contributed by atoms with Gasteiger partial charge >= 0.3 is 5.97 Å². The number of carbonyl (C=O) groups is 1. The van der Waals surface area contributed by atoms with E-state index in [9.17, 15) is 4.79 Å². The Bertz CT molecular complexity index is 641. The highest BCUT2D eigenvalue weighted by molar-refractivity contribution is 5.81. The summed E-state index contributed by atoms with van der Waals surface area (Å²) in [5.41, 5.74) is 5.26. The molecule has 2 rings (SSSR count). The lowest BCUT2D eigenvalue weighted by atomic mass is 9.91. The Morgan fingerprint density at radius 2 is 2.23 bits per heavy atom. The number of fused-ring (bicyclic) bond motifs is 1. The van der Waals surface area contributed by atoms with Crippen molar-refractivity contribution in [2.75, 3.05) is 6.61 Å². The summed E-state index contributed by atoms with van der Waals surface area (Å²) < 4.78 is 4.92. The van der Waals surface area contributed by atoms with Gasteiger partial charge in [0, 0.05) is 18.1 Å². The molecule has 1 aliphatic rings. The minimum Gasteiger partial charge on any atom is -0.463 e. The number of carbonyl (C=O) groups excluding carboxylic acids is 1. The molecule has 0 N–H and O–H groups in total. The molecule has 1 aliphatic carbocycles. The first-order chi connectivity index (χ1) is 10.7. The SMILES string of the molecule is C=CC(=O)OCCCCC#CC1=Cc2ccc(C)cc2CC1. The number of hydrogen-bond donors (Lipinski definition) is 0. The number of allylic oxidation sites excluding steroid dienone is 1. The summed E-state index contributed by atoms with van der Waals surface area (Å²) in [4.78, 5) is 10.9. The minimum absolute atomic E-state index is 0.354. The number of unbranched alkanes of at least 4 members (excludes halogenated alkanes) is 2. The van der Waals surface area contributed by atoms with Gasteiger partial charge in [-0.05, 0) is 49.8 Å². The van der Waals surface area contributed by atoms with E-state index in [0.717, 1.165) is 32.1 Å². The van der Waals surface area contributed by atoms with Gasteiger partial charge in [0.25, 0.3) is 0 Å². The van der Waals surface area contributed by atoms with Crippen LogP contribution in [-0.4, -0.2) is 12.6 Å². The lowest BCUT2D eigenvalue weighted by molar-refractivity contribution is -0.137. The smallest absolute Gasteiger partial charge is 0.330 e. The van der Waals surface area contributed by atoms with E-state index in [1.165, 1.54) is 28.3 Å². The zero-order chi connectivity index (χ0) is 15.8. The molecular formula is C20H22O2. The van der Waals surface area contributed by atoms with E-state index in [1.807, 2.05) is 0 Å². The van der Waals surface area contributed by atoms with E-state index in [1.54, 1.807) is 0 Å². The maximum absolute atomic E-state index is 10.9. The van der Waals surface area contributed by atoms with E-state index in [0.29, 0.717) is 6.61 Å². The summed E-state index contributed by atoms with van der Waals surface area (Å²) in [6.07, 6.45) is 8.13. The van der Waals surface area contributed by atoms with Crippen molar-refractivity contribution in [1.29, 1.82) is 0 Å². The van der Waals surface area contributed by atoms with Crippen molar-refractivity contribution >= 4 is 12.0 Å². The molecular weight excluding hydrogens is 272 g/mol. The van der Waals surface area contributed by atoms with Gasteiger partial charge < -0.3 is 4.74 Å². The van der Waals surface area contributed by atoms with Crippen LogP contribution >= 0.6 is 0 Å². The molecule has 1 aromatic rings. The van der Waals surface area contributed by atoms with Crippen molar-refractivity contribution in [3.63, 3.8) is 0 Å². The molecule has 114 valence electrons. The fourth-order valence-corrected chi connectivity index (χ4v) is 2.44. The molecule has 2 nitrogen and oxygen atoms in total. The van der Waals surface area contributed by atoms with Crippen molar-refractivity contribution in [2.24, 2.45) is 0 Å². The van der Waals surface area contributed by atoms with Crippen LogP contribution in [0, 0.1) is 18.8 Å². The number of esters is 1. The Hall–Kier alpha value is -2.27. The van der Waals surface area contributed by atoms with Gasteiger partial charge in [-0.2, -0.15) is 0 Å². The van der Waals surface area contributed by atoms with E-state index < -0.39 is 0 Å². The number of ether oxygens (including phenoxy) is 1. The zero-order valence-electron chi connectivity index (χ0n) is 13.2. The Kier molecular flexibility index (Phi) is 6.03. The number of rotatable bonds is 5. The van der Waals surface area contributed by atoms with Crippen molar-refractivity contribution in [3.8, 4) is 11.8 Å². The molecule has 0 atom stereocenters. The molecule has 0 saturated carbocycles. The van der Waals surface area contributed by atoms with E-state index in [4.69, 9.17) is 4.74 Å². The molecule has 22 heavy (non-hydrogen) atoms. The molecule has 0 saturated heterocycles. The van der Waals surface area contributed by atoms with Gasteiger partial charge in [0.15, 0.2) is 0 Å². The molecule has 0 aliphatic heterocycles. The first-order valence-electron chi connectivity index (χ1n) is 7.77. The Morgan fingerprint density at radius 1 is 1.36 bits per heavy atom. The van der Waals surface area contributed by atoms with Crippen molar-refractivity contribution < 1.29 is 9.53 Å². The standard InChI is InChI=1S/C20H22O2/c1-3-20(21)22-13-7-5-4-6-8-17-10-12-18-14-16(2)9-11-19(18)15-17/h3,9,11,14-15H,1,4-5,7,10,12-13H2,2H3. The maximum atomic E-state index is 10.9. The molecule has 0 radical (unpaired) electrons. The van der Waals surface area contributed by atoms with Gasteiger partial charge in [-0.3, -0.25) is 0 Å². The van der Waals surface area contributed by atoms with Gasteiger partial charge in [-0.1, -0.05) is 42.2 Å². The highest BCUT2D eigenvalue weighted by Gasteiger charge is 2.08. The second kappa shape index (κ2) is 8.24. The summed E-state index contributed by atoms with van der Waals surface area (Å²) in [7, 11) is 0. The molecule has 0 spiro atoms. The lowest BCUT2D eigenvalue weighted by Gasteiger charge is -2.13. The average molecular weight is 294 g/mol. The van der Waals surface area contributed by atoms with Crippen LogP contribution in [0.5, 0.6) is 0 Å². The first kappa shape index (κ1) is 16.1. The third-order valence-electron chi connectivity index (χ3n) is 3.65. The number of hydrogen-bond acceptors (Lipinski definition) is 2. The monoisotopic (exact) mass is 294 g/mol. The summed E-state index contributed by atoms with van der Waals surface area (Å²) in [5.74, 6) is 6.14. The zero-order valence-corrected chi connectivity index (χ0v) is 13.2. The van der Waals surface area contributed by atoms with Crippen LogP contribution in [0.1, 0.15) is 42.4 Å². The van der Waals surface area contributed by atoms with Crippen molar-refractivity contribution in [1.82, 2.24) is 0 Å². The third-order valence-corrected chi connectivity index (χ3v) is 3.65. The Balaban J connectivity index is 1.77. The maximum Gasteiger partial charge on any atom is 0.330 e. The molecule has 0 amide bonds. The van der Waals surface area contributed by atoms with Crippen LogP contribution in [-0.2, 0) is 16.0 Å². The van der Waals surface area contributed by atoms with E-state index in [2.05, 4.69) is 49.6 Å². The Labute approximate surface area is 132 Å². The van der Waals surface area contributed by atoms with Crippen molar-refractivity contribution in [3.05, 3.63) is 53.1 Å². The summed E-state index contributed by atoms with van der Waals surface area (Å²) in [5, 5.41) is 0. The Morgan fingerprint density at radius 3 is 3.05 bits per heavy atom. The predicted molar refractivity (Wildman–Crippen MR) is 90.3 cm³/mol. The molecule has 1 aromatic carbocycles. The highest BCUT2D eigenvalue weighted by atomic mass is 16.5. The molecule has 0 unspecified atom stereocenters. The fourth-order valence-electron chi connectivity index (χ4n) is 2.44. The molecule has 2 heteroatoms. The van der Waals surface area contributed by atoms with Crippen LogP contribution in [0.25, 0.3) is 6.08 Å². The van der Waals surface area contributed by atoms with Crippen LogP contribution < -0.4 is 0 Å². The normalized spacial score (nSPS) is 12.5. The van der Waals surface area contributed by atoms with Gasteiger partial charge in [0.05, 0.1) is 6.61 Å². The third kappa shape index (κ3) is 4.93. The van der Waals surface area contributed by atoms with E-state index in [-0.39, 0.29) is 5.97 Å². The largest absolute Gasteiger partial charge is 0.463 e. The van der Waals surface area contributed by atoms with Crippen LogP contribution in [0.3, 0.4) is 0 Å². The van der Waals surface area contributed by atoms with Gasteiger partial charge in [-0.25, -0.2) is 4.79 Å². The lowest BCUT2D eigenvalue weighted by Crippen LogP contribution is -2.01. The van der Waals surface area contributed by atoms with Gasteiger partial charge in [0.2, 0.25) is 0 Å². The predicted octanol–water partition coefficient (Wildman–Crippen LogP) is 4.23. The molecule has 0 bridgehead atoms. The quantitative estimate of drug-likeness (QED) is 0.351. The first-order valence-corrected chi connectivity index (χ1v) is 7.77. The van der Waals surface area contributed by atoms with Crippen molar-refractivity contribution in [2.45, 2.75) is 39.0 Å². The van der Waals surface area contributed by atoms with Crippen LogP contribution in [0.15, 0.2) is 36.4 Å². The summed E-state index contributed by atoms with van der Waals surface area (Å²) >= 11 is 0. The van der Waals surface area contributed by atoms with Gasteiger partial charge in [-0.15, -0.1) is 0 Å². The van der Waals surface area contributed by atoms with E-state index >= 15 is 0 Å². The second-order valence-corrected chi connectivity index (χ2v) is 5.50. The fraction of sp³-hybridized carbons (Fsp3) is 0.350. The molecule has 0 heterocycles. The second-order valence-electron chi connectivity index (χ2n) is 5.50. The summed E-state index contributed by atoms with van der Waals surface area (Å²) in [6.45, 7) is 5.94. The van der Waals surface area contributed by atoms with Crippen LogP contribution in [0.2, 0.25) is 0 Å². The molecule has 0 aromatic heterocycles. The number of benzene rings is 1. The highest BCUT2D eigenvalue weighted by Crippen LogP contribution is 2.24. The van der Waals surface area contributed by atoms with Crippen LogP contribution in [0.4, 0.5) is 0 Å². The van der Waals surface area contributed by atoms with Gasteiger partial charge in [0.1, 0.15) is 0 Å². The summed E-state index contributed by atoms with van der Waals surface area (Å²) in [6, 6.07) is 6.59. The average Bonchev–Trinajstić information content (AvgIpc) is 2.53.